The van der Waals surface area contributed by atoms with Gasteiger partial charge in [0.2, 0.25) is 0 Å². The Morgan fingerprint density at radius 2 is 1.90 bits per heavy atom. The number of aliphatic carboxylic acids is 1. The van der Waals surface area contributed by atoms with E-state index in [0.29, 0.717) is 6.42 Å². The van der Waals surface area contributed by atoms with Crippen LogP contribution in [0.5, 0.6) is 0 Å². The van der Waals surface area contributed by atoms with E-state index in [4.69, 9.17) is 9.84 Å². The first kappa shape index (κ1) is 13.9. The zero-order valence-electron chi connectivity index (χ0n) is 11.6. The predicted octanol–water partition coefficient (Wildman–Crippen LogP) is 2.44. The largest absolute Gasteiger partial charge is 0.481 e. The lowest BCUT2D eigenvalue weighted by Crippen LogP contribution is -2.35. The molecular formula is C17H18O4. The Balaban J connectivity index is 1.79. The molecule has 1 saturated heterocycles. The third-order valence-electron chi connectivity index (χ3n) is 4.39. The van der Waals surface area contributed by atoms with E-state index in [1.807, 2.05) is 30.4 Å². The van der Waals surface area contributed by atoms with Gasteiger partial charge in [-0.2, -0.15) is 0 Å². The van der Waals surface area contributed by atoms with Gasteiger partial charge in [-0.05, 0) is 17.9 Å². The summed E-state index contributed by atoms with van der Waals surface area (Å²) in [6.07, 6.45) is 5.01. The van der Waals surface area contributed by atoms with Gasteiger partial charge in [0.05, 0.1) is 12.8 Å². The maximum absolute atomic E-state index is 11.6. The lowest BCUT2D eigenvalue weighted by molar-refractivity contribution is -0.143. The summed E-state index contributed by atoms with van der Waals surface area (Å²) in [6.45, 7) is 0. The molecule has 0 spiro atoms. The molecule has 4 nitrogen and oxygen atoms in total. The number of hydrogen-bond acceptors (Lipinski definition) is 3. The van der Waals surface area contributed by atoms with Crippen LogP contribution in [0.1, 0.15) is 18.4 Å². The van der Waals surface area contributed by atoms with Crippen molar-refractivity contribution in [1.29, 1.82) is 0 Å². The zero-order valence-corrected chi connectivity index (χ0v) is 11.6. The Morgan fingerprint density at radius 1 is 1.19 bits per heavy atom. The molecule has 0 amide bonds. The standard InChI is InChI=1S/C17H18O4/c18-15(19)9-12-6-7-13(8-11-4-2-1-3-5-11)17-14(12)10-16(20)21-17/h1-7,12-14,17H,8-10H2,(H,18,19)/t12-,13-,14+,17-/m0/s1. The van der Waals surface area contributed by atoms with Crippen LogP contribution in [-0.2, 0) is 20.7 Å². The highest BCUT2D eigenvalue weighted by molar-refractivity contribution is 5.73. The maximum Gasteiger partial charge on any atom is 0.306 e. The van der Waals surface area contributed by atoms with Crippen LogP contribution in [-0.4, -0.2) is 23.1 Å². The lowest BCUT2D eigenvalue weighted by atomic mass is 9.73. The maximum atomic E-state index is 11.6. The van der Waals surface area contributed by atoms with Crippen LogP contribution >= 0.6 is 0 Å². The van der Waals surface area contributed by atoms with Gasteiger partial charge in [-0.15, -0.1) is 0 Å². The third kappa shape index (κ3) is 2.99. The highest BCUT2D eigenvalue weighted by Gasteiger charge is 2.45. The summed E-state index contributed by atoms with van der Waals surface area (Å²) < 4.78 is 5.48. The van der Waals surface area contributed by atoms with Crippen LogP contribution in [0.4, 0.5) is 0 Å². The number of allylic oxidation sites excluding steroid dienone is 1. The number of esters is 1. The normalized spacial score (nSPS) is 30.8. The van der Waals surface area contributed by atoms with Gasteiger partial charge in [-0.1, -0.05) is 42.5 Å². The third-order valence-corrected chi connectivity index (χ3v) is 4.39. The van der Waals surface area contributed by atoms with E-state index in [9.17, 15) is 9.59 Å². The minimum atomic E-state index is -0.829. The van der Waals surface area contributed by atoms with Gasteiger partial charge in [-0.25, -0.2) is 0 Å². The Labute approximate surface area is 123 Å². The fourth-order valence-corrected chi connectivity index (χ4v) is 3.42. The SMILES string of the molecule is O=C(O)C[C@@H]1C=C[C@@H](Cc2ccccc2)[C@@H]2OC(=O)C[C@@H]21. The molecule has 3 rings (SSSR count). The van der Waals surface area contributed by atoms with Crippen molar-refractivity contribution in [2.45, 2.75) is 25.4 Å². The second-order valence-corrected chi connectivity index (χ2v) is 5.82. The summed E-state index contributed by atoms with van der Waals surface area (Å²) in [6, 6.07) is 10.1. The van der Waals surface area contributed by atoms with Gasteiger partial charge < -0.3 is 9.84 Å². The van der Waals surface area contributed by atoms with Crippen LogP contribution in [0.15, 0.2) is 42.5 Å². The van der Waals surface area contributed by atoms with Crippen molar-refractivity contribution in [3.8, 4) is 0 Å². The Bertz CT molecular complexity index is 563. The molecule has 1 aromatic carbocycles. The summed E-state index contributed by atoms with van der Waals surface area (Å²) in [7, 11) is 0. The van der Waals surface area contributed by atoms with Crippen molar-refractivity contribution in [2.24, 2.45) is 17.8 Å². The number of fused-ring (bicyclic) bond motifs is 1. The number of carboxylic acids is 1. The van der Waals surface area contributed by atoms with Gasteiger partial charge >= 0.3 is 11.9 Å². The monoisotopic (exact) mass is 286 g/mol. The molecule has 0 radical (unpaired) electrons. The number of carbonyl (C=O) groups excluding carboxylic acids is 1. The Kier molecular flexibility index (Phi) is 3.78. The van der Waals surface area contributed by atoms with Crippen LogP contribution in [0.2, 0.25) is 0 Å². The second-order valence-electron chi connectivity index (χ2n) is 5.82. The molecule has 21 heavy (non-hydrogen) atoms. The fraction of sp³-hybridized carbons (Fsp3) is 0.412. The molecule has 1 fully saturated rings. The Morgan fingerprint density at radius 3 is 2.62 bits per heavy atom. The van der Waals surface area contributed by atoms with Crippen molar-refractivity contribution in [3.63, 3.8) is 0 Å². The summed E-state index contributed by atoms with van der Waals surface area (Å²) >= 11 is 0. The number of benzene rings is 1. The molecule has 1 N–H and O–H groups in total. The van der Waals surface area contributed by atoms with Gasteiger partial charge in [0.1, 0.15) is 6.10 Å². The molecule has 110 valence electrons. The van der Waals surface area contributed by atoms with E-state index in [1.54, 1.807) is 0 Å². The molecule has 4 heteroatoms. The minimum absolute atomic E-state index is 0.00712. The first-order valence-corrected chi connectivity index (χ1v) is 7.27. The van der Waals surface area contributed by atoms with E-state index in [-0.39, 0.29) is 36.2 Å². The highest BCUT2D eigenvalue weighted by atomic mass is 16.6. The van der Waals surface area contributed by atoms with E-state index in [1.165, 1.54) is 5.56 Å². The smallest absolute Gasteiger partial charge is 0.306 e. The minimum Gasteiger partial charge on any atom is -0.481 e. The molecule has 2 aliphatic rings. The summed E-state index contributed by atoms with van der Waals surface area (Å²) in [5, 5.41) is 8.99. The average molecular weight is 286 g/mol. The van der Waals surface area contributed by atoms with Gasteiger partial charge in [-0.3, -0.25) is 9.59 Å². The zero-order chi connectivity index (χ0) is 14.8. The number of ether oxygens (including phenoxy) is 1. The van der Waals surface area contributed by atoms with Crippen LogP contribution in [0, 0.1) is 17.8 Å². The average Bonchev–Trinajstić information content (AvgIpc) is 2.84. The van der Waals surface area contributed by atoms with Crippen LogP contribution in [0.25, 0.3) is 0 Å². The van der Waals surface area contributed by atoms with Gasteiger partial charge in [0.25, 0.3) is 0 Å². The Hall–Kier alpha value is -2.10. The highest BCUT2D eigenvalue weighted by Crippen LogP contribution is 2.41. The molecule has 0 saturated carbocycles. The number of rotatable bonds is 4. The molecule has 1 aliphatic carbocycles. The summed E-state index contributed by atoms with van der Waals surface area (Å²) in [5.41, 5.74) is 1.20. The predicted molar refractivity (Wildman–Crippen MR) is 76.5 cm³/mol. The fourth-order valence-electron chi connectivity index (χ4n) is 3.42. The summed E-state index contributed by atoms with van der Waals surface area (Å²) in [5.74, 6) is -1.02. The number of hydrogen-bond donors (Lipinski definition) is 1. The van der Waals surface area contributed by atoms with E-state index in [0.717, 1.165) is 6.42 Å². The second kappa shape index (κ2) is 5.72. The first-order chi connectivity index (χ1) is 10.1. The summed E-state index contributed by atoms with van der Waals surface area (Å²) in [4.78, 5) is 22.6. The van der Waals surface area contributed by atoms with Crippen LogP contribution in [0.3, 0.4) is 0 Å². The van der Waals surface area contributed by atoms with E-state index in [2.05, 4.69) is 12.1 Å². The molecule has 1 aromatic rings. The van der Waals surface area contributed by atoms with Crippen molar-refractivity contribution in [3.05, 3.63) is 48.0 Å². The molecule has 0 unspecified atom stereocenters. The quantitative estimate of drug-likeness (QED) is 0.682. The number of carbonyl (C=O) groups is 2. The van der Waals surface area contributed by atoms with Gasteiger partial charge in [0, 0.05) is 11.8 Å². The molecule has 0 aromatic heterocycles. The molecule has 1 heterocycles. The molecular weight excluding hydrogens is 268 g/mol. The van der Waals surface area contributed by atoms with Crippen molar-refractivity contribution in [2.75, 3.05) is 0 Å². The van der Waals surface area contributed by atoms with Gasteiger partial charge in [0.15, 0.2) is 0 Å². The lowest BCUT2D eigenvalue weighted by Gasteiger charge is -2.32. The molecule has 1 aliphatic heterocycles. The van der Waals surface area contributed by atoms with Crippen molar-refractivity contribution >= 4 is 11.9 Å². The van der Waals surface area contributed by atoms with Crippen LogP contribution < -0.4 is 0 Å². The first-order valence-electron chi connectivity index (χ1n) is 7.27. The van der Waals surface area contributed by atoms with E-state index >= 15 is 0 Å². The number of carboxylic acid groups (broad SMARTS) is 1. The topological polar surface area (TPSA) is 63.6 Å². The van der Waals surface area contributed by atoms with Crippen molar-refractivity contribution < 1.29 is 19.4 Å². The van der Waals surface area contributed by atoms with Crippen molar-refractivity contribution in [1.82, 2.24) is 0 Å². The molecule has 4 atom stereocenters. The molecule has 0 bridgehead atoms. The van der Waals surface area contributed by atoms with E-state index < -0.39 is 5.97 Å².